The topological polar surface area (TPSA) is 72.6 Å². The number of aryl methyl sites for hydroxylation is 1. The van der Waals surface area contributed by atoms with Crippen LogP contribution in [0.25, 0.3) is 21.7 Å². The molecule has 0 atom stereocenters. The van der Waals surface area contributed by atoms with E-state index in [-0.39, 0.29) is 6.61 Å². The maximum absolute atomic E-state index is 11.2. The van der Waals surface area contributed by atoms with Crippen LogP contribution < -0.4 is 4.74 Å². The minimum atomic E-state index is -0.918. The van der Waals surface area contributed by atoms with E-state index in [1.54, 1.807) is 24.3 Å². The predicted molar refractivity (Wildman–Crippen MR) is 130 cm³/mol. The summed E-state index contributed by atoms with van der Waals surface area (Å²) in [6.45, 7) is 2.25. The molecule has 5 rings (SSSR count). The van der Waals surface area contributed by atoms with E-state index in [0.29, 0.717) is 37.8 Å². The quantitative estimate of drug-likeness (QED) is 0.280. The summed E-state index contributed by atoms with van der Waals surface area (Å²) in [4.78, 5) is 12.4. The first-order chi connectivity index (χ1) is 15.9. The van der Waals surface area contributed by atoms with Gasteiger partial charge >= 0.3 is 5.97 Å². The van der Waals surface area contributed by atoms with E-state index in [0.717, 1.165) is 40.2 Å². The largest absolute Gasteiger partial charge is 0.489 e. The molecule has 1 N–H and O–H groups in total. The van der Waals surface area contributed by atoms with Crippen molar-refractivity contribution in [3.63, 3.8) is 0 Å². The lowest BCUT2D eigenvalue weighted by Gasteiger charge is -2.11. The number of rotatable bonds is 7. The SMILES string of the molecule is Cc1cc(OCc2c(-c3c(Cl)cccc3Cl)noc2C2CC2)ccc1-c1ccc(C(=O)O)s1. The smallest absolute Gasteiger partial charge is 0.345 e. The van der Waals surface area contributed by atoms with Crippen molar-refractivity contribution in [2.45, 2.75) is 32.3 Å². The standard InChI is InChI=1S/C25H19Cl2NO4S/c1-13-11-15(7-8-16(13)20-9-10-21(33-20)25(29)30)31-12-17-23(28-32-24(17)14-5-6-14)22-18(26)3-2-4-19(22)27/h2-4,7-11,14H,5-6,12H2,1H3,(H,29,30). The lowest BCUT2D eigenvalue weighted by atomic mass is 10.0. The molecule has 4 aromatic rings. The first-order valence-corrected chi connectivity index (χ1v) is 12.0. The van der Waals surface area contributed by atoms with E-state index < -0.39 is 5.97 Å². The van der Waals surface area contributed by atoms with Gasteiger partial charge in [0.2, 0.25) is 0 Å². The summed E-state index contributed by atoms with van der Waals surface area (Å²) in [5.41, 5.74) is 4.09. The molecule has 1 saturated carbocycles. The summed E-state index contributed by atoms with van der Waals surface area (Å²) in [5, 5.41) is 14.5. The highest BCUT2D eigenvalue weighted by Crippen LogP contribution is 2.46. The van der Waals surface area contributed by atoms with Gasteiger partial charge in [0.25, 0.3) is 0 Å². The van der Waals surface area contributed by atoms with Gasteiger partial charge in [-0.25, -0.2) is 4.79 Å². The van der Waals surface area contributed by atoms with Crippen LogP contribution in [0.1, 0.15) is 45.3 Å². The lowest BCUT2D eigenvalue weighted by Crippen LogP contribution is -2.00. The molecule has 1 aliphatic rings. The Balaban J connectivity index is 1.42. The van der Waals surface area contributed by atoms with Crippen molar-refractivity contribution in [3.05, 3.63) is 80.3 Å². The number of carboxylic acids is 1. The van der Waals surface area contributed by atoms with Crippen molar-refractivity contribution in [1.82, 2.24) is 5.16 Å². The minimum absolute atomic E-state index is 0.271. The van der Waals surface area contributed by atoms with E-state index in [4.69, 9.17) is 32.5 Å². The Bertz CT molecular complexity index is 1340. The van der Waals surface area contributed by atoms with Gasteiger partial charge in [-0.2, -0.15) is 0 Å². The van der Waals surface area contributed by atoms with Crippen LogP contribution in [0.4, 0.5) is 0 Å². The third kappa shape index (κ3) is 4.38. The van der Waals surface area contributed by atoms with Crippen LogP contribution >= 0.6 is 34.5 Å². The number of carboxylic acid groups (broad SMARTS) is 1. The van der Waals surface area contributed by atoms with Gasteiger partial charge in [0.05, 0.1) is 15.6 Å². The molecule has 2 aromatic carbocycles. The summed E-state index contributed by atoms with van der Waals surface area (Å²) in [6.07, 6.45) is 2.12. The summed E-state index contributed by atoms with van der Waals surface area (Å²) in [5.74, 6) is 0.954. The molecule has 0 spiro atoms. The number of nitrogens with zero attached hydrogens (tertiary/aromatic N) is 1. The van der Waals surface area contributed by atoms with Crippen molar-refractivity contribution in [1.29, 1.82) is 0 Å². The number of benzene rings is 2. The van der Waals surface area contributed by atoms with Gasteiger partial charge in [0.15, 0.2) is 0 Å². The average molecular weight is 500 g/mol. The van der Waals surface area contributed by atoms with E-state index in [1.807, 2.05) is 31.2 Å². The average Bonchev–Trinajstić information content (AvgIpc) is 3.35. The predicted octanol–water partition coefficient (Wildman–Crippen LogP) is 7.84. The van der Waals surface area contributed by atoms with Gasteiger partial charge in [-0.3, -0.25) is 0 Å². The summed E-state index contributed by atoms with van der Waals surface area (Å²) in [7, 11) is 0. The molecule has 1 aliphatic carbocycles. The van der Waals surface area contributed by atoms with Crippen LogP contribution in [0.2, 0.25) is 10.0 Å². The van der Waals surface area contributed by atoms with Crippen LogP contribution in [0.5, 0.6) is 5.75 Å². The summed E-state index contributed by atoms with van der Waals surface area (Å²) in [6, 6.07) is 14.6. The first kappa shape index (κ1) is 22.0. The van der Waals surface area contributed by atoms with Crippen molar-refractivity contribution in [2.24, 2.45) is 0 Å². The molecule has 0 radical (unpaired) electrons. The molecule has 0 unspecified atom stereocenters. The zero-order valence-electron chi connectivity index (χ0n) is 17.6. The first-order valence-electron chi connectivity index (χ1n) is 10.4. The molecule has 2 heterocycles. The molecule has 0 saturated heterocycles. The number of aromatic nitrogens is 1. The molecule has 168 valence electrons. The summed E-state index contributed by atoms with van der Waals surface area (Å²) < 4.78 is 11.9. The molecule has 0 aliphatic heterocycles. The number of hydrogen-bond donors (Lipinski definition) is 1. The maximum Gasteiger partial charge on any atom is 0.345 e. The number of carbonyl (C=O) groups is 1. The van der Waals surface area contributed by atoms with E-state index in [9.17, 15) is 9.90 Å². The summed E-state index contributed by atoms with van der Waals surface area (Å²) >= 11 is 14.1. The lowest BCUT2D eigenvalue weighted by molar-refractivity contribution is 0.0702. The van der Waals surface area contributed by atoms with Gasteiger partial charge in [-0.15, -0.1) is 11.3 Å². The molecule has 8 heteroatoms. The second kappa shape index (κ2) is 8.86. The van der Waals surface area contributed by atoms with Crippen LogP contribution in [0, 0.1) is 6.92 Å². The maximum atomic E-state index is 11.2. The zero-order chi connectivity index (χ0) is 23.1. The Morgan fingerprint density at radius 1 is 1.18 bits per heavy atom. The van der Waals surface area contributed by atoms with Gasteiger partial charge in [0.1, 0.15) is 28.7 Å². The van der Waals surface area contributed by atoms with Crippen LogP contribution in [0.3, 0.4) is 0 Å². The number of halogens is 2. The molecule has 0 bridgehead atoms. The van der Waals surface area contributed by atoms with Gasteiger partial charge in [-0.05, 0) is 73.4 Å². The van der Waals surface area contributed by atoms with Gasteiger partial charge in [-0.1, -0.05) is 34.4 Å². The highest BCUT2D eigenvalue weighted by molar-refractivity contribution is 7.17. The van der Waals surface area contributed by atoms with Crippen LogP contribution in [-0.2, 0) is 6.61 Å². The second-order valence-corrected chi connectivity index (χ2v) is 9.88. The Kier molecular flexibility index (Phi) is 5.91. The Morgan fingerprint density at radius 3 is 2.58 bits per heavy atom. The van der Waals surface area contributed by atoms with E-state index in [2.05, 4.69) is 5.16 Å². The molecule has 1 fully saturated rings. The highest BCUT2D eigenvalue weighted by atomic mass is 35.5. The molecule has 33 heavy (non-hydrogen) atoms. The highest BCUT2D eigenvalue weighted by Gasteiger charge is 2.33. The van der Waals surface area contributed by atoms with Crippen molar-refractivity contribution in [2.75, 3.05) is 0 Å². The number of hydrogen-bond acceptors (Lipinski definition) is 5. The second-order valence-electron chi connectivity index (χ2n) is 7.98. The Hall–Kier alpha value is -2.80. The van der Waals surface area contributed by atoms with E-state index >= 15 is 0 Å². The third-order valence-corrected chi connectivity index (χ3v) is 7.37. The van der Waals surface area contributed by atoms with Crippen molar-refractivity contribution < 1.29 is 19.2 Å². The fourth-order valence-electron chi connectivity index (χ4n) is 3.80. The Morgan fingerprint density at radius 2 is 1.94 bits per heavy atom. The monoisotopic (exact) mass is 499 g/mol. The minimum Gasteiger partial charge on any atom is -0.489 e. The molecular weight excluding hydrogens is 481 g/mol. The molecule has 0 amide bonds. The normalized spacial score (nSPS) is 13.3. The molecule has 2 aromatic heterocycles. The van der Waals surface area contributed by atoms with Gasteiger partial charge < -0.3 is 14.4 Å². The number of aromatic carboxylic acids is 1. The zero-order valence-corrected chi connectivity index (χ0v) is 19.9. The number of ether oxygens (including phenoxy) is 1. The van der Waals surface area contributed by atoms with E-state index in [1.165, 1.54) is 11.3 Å². The van der Waals surface area contributed by atoms with Crippen LogP contribution in [0.15, 0.2) is 53.1 Å². The van der Waals surface area contributed by atoms with Gasteiger partial charge in [0, 0.05) is 16.4 Å². The fourth-order valence-corrected chi connectivity index (χ4v) is 5.32. The fraction of sp³-hybridized carbons (Fsp3) is 0.200. The van der Waals surface area contributed by atoms with Crippen LogP contribution in [-0.4, -0.2) is 16.2 Å². The number of thiophene rings is 1. The Labute approximate surface area is 204 Å². The molecule has 5 nitrogen and oxygen atoms in total. The van der Waals surface area contributed by atoms with Crippen molar-refractivity contribution in [3.8, 4) is 27.4 Å². The van der Waals surface area contributed by atoms with Crippen molar-refractivity contribution >= 4 is 40.5 Å². The third-order valence-electron chi connectivity index (χ3n) is 5.63. The molecular formula is C25H19Cl2NO4S.